The van der Waals surface area contributed by atoms with Crippen LogP contribution < -0.4 is 5.32 Å². The van der Waals surface area contributed by atoms with Gasteiger partial charge < -0.3 is 5.32 Å². The van der Waals surface area contributed by atoms with Gasteiger partial charge in [0.05, 0.1) is 5.02 Å². The third kappa shape index (κ3) is 4.49. The van der Waals surface area contributed by atoms with Crippen LogP contribution in [0.4, 0.5) is 0 Å². The maximum Gasteiger partial charge on any atom is 0.0634 e. The average Bonchev–Trinajstić information content (AvgIpc) is 2.16. The van der Waals surface area contributed by atoms with Crippen LogP contribution in [-0.4, -0.2) is 15.9 Å². The van der Waals surface area contributed by atoms with Crippen molar-refractivity contribution in [2.45, 2.75) is 32.4 Å². The molecule has 0 aliphatic carbocycles. The molecule has 0 spiro atoms. The van der Waals surface area contributed by atoms with Gasteiger partial charge in [-0.15, -0.1) is 0 Å². The molecule has 1 aromatic heterocycles. The van der Waals surface area contributed by atoms with E-state index in [1.807, 2.05) is 6.07 Å². The van der Waals surface area contributed by atoms with Crippen LogP contribution in [0.5, 0.6) is 0 Å². The molecule has 4 heteroatoms. The standard InChI is InChI=1S/C11H16BrClN2/c1-11(2,4-5-12)15-7-9-3-6-14-8-10(9)13/h3,6,8,15H,4-5,7H2,1-2H3. The van der Waals surface area contributed by atoms with Gasteiger partial charge in [0.2, 0.25) is 0 Å². The van der Waals surface area contributed by atoms with E-state index >= 15 is 0 Å². The molecule has 0 radical (unpaired) electrons. The molecular formula is C11H16BrClN2. The van der Waals surface area contributed by atoms with Crippen LogP contribution in [0, 0.1) is 0 Å². The molecular weight excluding hydrogens is 275 g/mol. The van der Waals surface area contributed by atoms with Crippen LogP contribution in [0.3, 0.4) is 0 Å². The molecule has 0 saturated heterocycles. The van der Waals surface area contributed by atoms with Gasteiger partial charge in [0.25, 0.3) is 0 Å². The molecule has 0 aliphatic heterocycles. The molecule has 15 heavy (non-hydrogen) atoms. The van der Waals surface area contributed by atoms with Crippen molar-refractivity contribution in [3.63, 3.8) is 0 Å². The van der Waals surface area contributed by atoms with E-state index in [0.29, 0.717) is 0 Å². The molecule has 0 aliphatic rings. The molecule has 84 valence electrons. The summed E-state index contributed by atoms with van der Waals surface area (Å²) >= 11 is 9.47. The third-order valence-electron chi connectivity index (χ3n) is 2.33. The van der Waals surface area contributed by atoms with Gasteiger partial charge in [-0.05, 0) is 31.9 Å². The summed E-state index contributed by atoms with van der Waals surface area (Å²) in [6, 6.07) is 1.94. The minimum absolute atomic E-state index is 0.121. The monoisotopic (exact) mass is 290 g/mol. The number of hydrogen-bond acceptors (Lipinski definition) is 2. The highest BCUT2D eigenvalue weighted by atomic mass is 79.9. The molecule has 0 bridgehead atoms. The first-order valence-corrected chi connectivity index (χ1v) is 6.44. The van der Waals surface area contributed by atoms with Crippen molar-refractivity contribution in [3.8, 4) is 0 Å². The lowest BCUT2D eigenvalue weighted by Crippen LogP contribution is -2.39. The molecule has 0 amide bonds. The number of alkyl halides is 1. The molecule has 1 aromatic rings. The Morgan fingerprint density at radius 1 is 1.53 bits per heavy atom. The van der Waals surface area contributed by atoms with Gasteiger partial charge in [0.1, 0.15) is 0 Å². The van der Waals surface area contributed by atoms with Crippen LogP contribution in [0.15, 0.2) is 18.5 Å². The first kappa shape index (κ1) is 12.9. The van der Waals surface area contributed by atoms with Crippen molar-refractivity contribution >= 4 is 27.5 Å². The molecule has 1 heterocycles. The Morgan fingerprint density at radius 3 is 2.87 bits per heavy atom. The van der Waals surface area contributed by atoms with Crippen molar-refractivity contribution in [1.29, 1.82) is 0 Å². The van der Waals surface area contributed by atoms with E-state index < -0.39 is 0 Å². The molecule has 0 saturated carbocycles. The van der Waals surface area contributed by atoms with E-state index in [2.05, 4.69) is 40.1 Å². The lowest BCUT2D eigenvalue weighted by atomic mass is 10.0. The molecule has 1 rings (SSSR count). The molecule has 0 unspecified atom stereocenters. The summed E-state index contributed by atoms with van der Waals surface area (Å²) in [5, 5.41) is 5.19. The van der Waals surface area contributed by atoms with Crippen LogP contribution in [-0.2, 0) is 6.54 Å². The number of rotatable bonds is 5. The van der Waals surface area contributed by atoms with Crippen LogP contribution in [0.2, 0.25) is 5.02 Å². The zero-order valence-electron chi connectivity index (χ0n) is 9.06. The van der Waals surface area contributed by atoms with Gasteiger partial charge >= 0.3 is 0 Å². The van der Waals surface area contributed by atoms with E-state index in [-0.39, 0.29) is 5.54 Å². The van der Waals surface area contributed by atoms with Crippen molar-refractivity contribution in [1.82, 2.24) is 10.3 Å². The Kier molecular flexibility index (Phi) is 5.03. The van der Waals surface area contributed by atoms with Gasteiger partial charge in [-0.25, -0.2) is 0 Å². The summed E-state index contributed by atoms with van der Waals surface area (Å²) in [7, 11) is 0. The second kappa shape index (κ2) is 5.83. The number of nitrogens with one attached hydrogen (secondary N) is 1. The minimum atomic E-state index is 0.121. The van der Waals surface area contributed by atoms with Gasteiger partial charge in [0, 0.05) is 29.8 Å². The zero-order chi connectivity index (χ0) is 11.3. The lowest BCUT2D eigenvalue weighted by Gasteiger charge is -2.25. The molecule has 0 aromatic carbocycles. The Labute approximate surface area is 105 Å². The number of aromatic nitrogens is 1. The van der Waals surface area contributed by atoms with Crippen LogP contribution in [0.25, 0.3) is 0 Å². The van der Waals surface area contributed by atoms with Gasteiger partial charge in [-0.2, -0.15) is 0 Å². The summed E-state index contributed by atoms with van der Waals surface area (Å²) < 4.78 is 0. The number of nitrogens with zero attached hydrogens (tertiary/aromatic N) is 1. The number of halogens is 2. The second-order valence-electron chi connectivity index (χ2n) is 4.14. The lowest BCUT2D eigenvalue weighted by molar-refractivity contribution is 0.378. The van der Waals surface area contributed by atoms with E-state index in [0.717, 1.165) is 28.9 Å². The Bertz CT molecular complexity index is 315. The first-order valence-electron chi connectivity index (χ1n) is 4.94. The van der Waals surface area contributed by atoms with Crippen molar-refractivity contribution in [2.75, 3.05) is 5.33 Å². The topological polar surface area (TPSA) is 24.9 Å². The second-order valence-corrected chi connectivity index (χ2v) is 5.34. The SMILES string of the molecule is CC(C)(CCBr)NCc1ccncc1Cl. The molecule has 1 N–H and O–H groups in total. The Hall–Kier alpha value is -0.120. The van der Waals surface area contributed by atoms with E-state index in [1.165, 1.54) is 0 Å². The van der Waals surface area contributed by atoms with Gasteiger partial charge in [-0.1, -0.05) is 27.5 Å². The summed E-state index contributed by atoms with van der Waals surface area (Å²) in [5.74, 6) is 0. The summed E-state index contributed by atoms with van der Waals surface area (Å²) in [4.78, 5) is 3.96. The zero-order valence-corrected chi connectivity index (χ0v) is 11.4. The highest BCUT2D eigenvalue weighted by Crippen LogP contribution is 2.16. The Morgan fingerprint density at radius 2 is 2.27 bits per heavy atom. The Balaban J connectivity index is 2.53. The van der Waals surface area contributed by atoms with Crippen molar-refractivity contribution in [3.05, 3.63) is 29.0 Å². The molecule has 0 fully saturated rings. The molecule has 2 nitrogen and oxygen atoms in total. The maximum absolute atomic E-state index is 6.02. The van der Waals surface area contributed by atoms with Gasteiger partial charge in [0.15, 0.2) is 0 Å². The van der Waals surface area contributed by atoms with E-state index in [9.17, 15) is 0 Å². The van der Waals surface area contributed by atoms with Crippen LogP contribution in [0.1, 0.15) is 25.8 Å². The highest BCUT2D eigenvalue weighted by Gasteiger charge is 2.15. The first-order chi connectivity index (χ1) is 7.05. The molecule has 0 atom stereocenters. The largest absolute Gasteiger partial charge is 0.308 e. The fourth-order valence-corrected chi connectivity index (χ4v) is 2.38. The maximum atomic E-state index is 6.02. The van der Waals surface area contributed by atoms with Crippen molar-refractivity contribution < 1.29 is 0 Å². The minimum Gasteiger partial charge on any atom is -0.308 e. The summed E-state index contributed by atoms with van der Waals surface area (Å²) in [5.41, 5.74) is 1.21. The smallest absolute Gasteiger partial charge is 0.0634 e. The highest BCUT2D eigenvalue weighted by molar-refractivity contribution is 9.09. The predicted octanol–water partition coefficient (Wildman–Crippen LogP) is 3.39. The van der Waals surface area contributed by atoms with Crippen LogP contribution >= 0.6 is 27.5 Å². The number of hydrogen-bond donors (Lipinski definition) is 1. The van der Waals surface area contributed by atoms with E-state index in [1.54, 1.807) is 12.4 Å². The third-order valence-corrected chi connectivity index (χ3v) is 3.07. The summed E-state index contributed by atoms with van der Waals surface area (Å²) in [6.07, 6.45) is 4.52. The normalized spacial score (nSPS) is 11.7. The summed E-state index contributed by atoms with van der Waals surface area (Å²) in [6.45, 7) is 5.15. The predicted molar refractivity (Wildman–Crippen MR) is 68.6 cm³/mol. The van der Waals surface area contributed by atoms with E-state index in [4.69, 9.17) is 11.6 Å². The fourth-order valence-electron chi connectivity index (χ4n) is 1.21. The number of pyridine rings is 1. The fraction of sp³-hybridized carbons (Fsp3) is 0.545. The average molecular weight is 292 g/mol. The van der Waals surface area contributed by atoms with Crippen molar-refractivity contribution in [2.24, 2.45) is 0 Å². The van der Waals surface area contributed by atoms with Gasteiger partial charge in [-0.3, -0.25) is 4.98 Å². The quantitative estimate of drug-likeness (QED) is 0.841.